The van der Waals surface area contributed by atoms with E-state index in [4.69, 9.17) is 11.5 Å². The number of carbonyl (C=O) groups is 1. The van der Waals surface area contributed by atoms with Crippen molar-refractivity contribution < 1.29 is 14.8 Å². The number of aromatic nitrogens is 1. The number of pyridine rings is 1. The Balaban J connectivity index is 2.75. The lowest BCUT2D eigenvalue weighted by Gasteiger charge is -2.05. The van der Waals surface area contributed by atoms with Crippen LogP contribution in [-0.2, 0) is 0 Å². The summed E-state index contributed by atoms with van der Waals surface area (Å²) in [7, 11) is 0. The summed E-state index contributed by atoms with van der Waals surface area (Å²) in [6.45, 7) is 0.451. The van der Waals surface area contributed by atoms with Gasteiger partial charge in [0.2, 0.25) is 5.82 Å². The number of anilines is 1. The smallest absolute Gasteiger partial charge is 0.337 e. The number of nitro groups is 1. The van der Waals surface area contributed by atoms with E-state index in [-0.39, 0.29) is 17.1 Å². The van der Waals surface area contributed by atoms with E-state index in [1.54, 1.807) is 0 Å². The second kappa shape index (κ2) is 7.23. The van der Waals surface area contributed by atoms with Crippen LogP contribution in [0.3, 0.4) is 0 Å². The van der Waals surface area contributed by atoms with Crippen molar-refractivity contribution in [1.29, 1.82) is 0 Å². The Labute approximate surface area is 113 Å². The van der Waals surface area contributed by atoms with Gasteiger partial charge in [0.1, 0.15) is 0 Å². The molecule has 1 aromatic rings. The lowest BCUT2D eigenvalue weighted by atomic mass is 10.2. The summed E-state index contributed by atoms with van der Waals surface area (Å²) in [5.74, 6) is 2.49. The first-order valence-corrected chi connectivity index (χ1v) is 6.34. The summed E-state index contributed by atoms with van der Waals surface area (Å²) in [5, 5.41) is 22.4. The Morgan fingerprint density at radius 2 is 2.42 bits per heavy atom. The normalized spacial score (nSPS) is 9.63. The molecule has 19 heavy (non-hydrogen) atoms. The molecule has 0 aromatic carbocycles. The van der Waals surface area contributed by atoms with Crippen LogP contribution in [-0.4, -0.2) is 39.0 Å². The molecule has 0 radical (unpaired) electrons. The van der Waals surface area contributed by atoms with Crippen LogP contribution in [0, 0.1) is 22.5 Å². The lowest BCUT2D eigenvalue weighted by Crippen LogP contribution is -2.09. The predicted octanol–water partition coefficient (Wildman–Crippen LogP) is 1.47. The van der Waals surface area contributed by atoms with Crippen LogP contribution in [0.25, 0.3) is 0 Å². The molecular weight excluding hydrogens is 270 g/mol. The molecule has 0 amide bonds. The van der Waals surface area contributed by atoms with E-state index in [2.05, 4.69) is 16.2 Å². The maximum Gasteiger partial charge on any atom is 0.337 e. The third kappa shape index (κ3) is 4.48. The second-order valence-corrected chi connectivity index (χ2v) is 4.44. The van der Waals surface area contributed by atoms with Gasteiger partial charge in [0.05, 0.1) is 16.2 Å². The molecule has 0 saturated heterocycles. The van der Waals surface area contributed by atoms with Crippen LogP contribution in [0.4, 0.5) is 11.5 Å². The molecule has 0 saturated carbocycles. The van der Waals surface area contributed by atoms with Gasteiger partial charge in [-0.25, -0.2) is 9.78 Å². The monoisotopic (exact) mass is 281 g/mol. The molecule has 1 aromatic heterocycles. The van der Waals surface area contributed by atoms with Crippen molar-refractivity contribution in [2.75, 3.05) is 23.4 Å². The SMILES string of the molecule is C#CCSCCNc1ncc(C(=O)O)cc1[N+](=O)[O-]. The van der Waals surface area contributed by atoms with E-state index < -0.39 is 10.9 Å². The molecule has 0 fully saturated rings. The van der Waals surface area contributed by atoms with Gasteiger partial charge in [-0.05, 0) is 0 Å². The van der Waals surface area contributed by atoms with Gasteiger partial charge in [-0.3, -0.25) is 10.1 Å². The molecular formula is C11H11N3O4S. The van der Waals surface area contributed by atoms with E-state index in [1.165, 1.54) is 11.8 Å². The fraction of sp³-hybridized carbons (Fsp3) is 0.273. The number of nitrogens with zero attached hydrogens (tertiary/aromatic N) is 2. The summed E-state index contributed by atoms with van der Waals surface area (Å²) in [6.07, 6.45) is 6.16. The van der Waals surface area contributed by atoms with Crippen molar-refractivity contribution in [2.24, 2.45) is 0 Å². The first-order chi connectivity index (χ1) is 9.06. The van der Waals surface area contributed by atoms with Crippen LogP contribution in [0.1, 0.15) is 10.4 Å². The van der Waals surface area contributed by atoms with E-state index in [0.29, 0.717) is 18.1 Å². The van der Waals surface area contributed by atoms with Gasteiger partial charge in [0, 0.05) is 24.6 Å². The third-order valence-electron chi connectivity index (χ3n) is 2.04. The molecule has 1 rings (SSSR count). The van der Waals surface area contributed by atoms with Crippen molar-refractivity contribution in [3.8, 4) is 12.3 Å². The summed E-state index contributed by atoms with van der Waals surface area (Å²) in [5.41, 5.74) is -0.583. The molecule has 0 spiro atoms. The minimum atomic E-state index is -1.26. The van der Waals surface area contributed by atoms with Gasteiger partial charge in [0.15, 0.2) is 0 Å². The maximum atomic E-state index is 10.8. The lowest BCUT2D eigenvalue weighted by molar-refractivity contribution is -0.384. The number of nitrogens with one attached hydrogen (secondary N) is 1. The summed E-state index contributed by atoms with van der Waals surface area (Å²) in [4.78, 5) is 24.6. The van der Waals surface area contributed by atoms with Crippen molar-refractivity contribution in [2.45, 2.75) is 0 Å². The van der Waals surface area contributed by atoms with Crippen LogP contribution < -0.4 is 5.32 Å². The van der Waals surface area contributed by atoms with E-state index >= 15 is 0 Å². The van der Waals surface area contributed by atoms with Gasteiger partial charge in [0.25, 0.3) is 0 Å². The fourth-order valence-corrected chi connectivity index (χ4v) is 1.73. The zero-order chi connectivity index (χ0) is 14.3. The van der Waals surface area contributed by atoms with E-state index in [1.807, 2.05) is 0 Å². The molecule has 1 heterocycles. The Hall–Kier alpha value is -2.27. The zero-order valence-corrected chi connectivity index (χ0v) is 10.6. The number of aromatic carboxylic acids is 1. The van der Waals surface area contributed by atoms with Crippen LogP contribution in [0.5, 0.6) is 0 Å². The van der Waals surface area contributed by atoms with Crippen molar-refractivity contribution >= 4 is 29.2 Å². The second-order valence-electron chi connectivity index (χ2n) is 3.34. The van der Waals surface area contributed by atoms with Gasteiger partial charge in [-0.15, -0.1) is 18.2 Å². The Morgan fingerprint density at radius 1 is 1.68 bits per heavy atom. The number of thioether (sulfide) groups is 1. The number of hydrogen-bond acceptors (Lipinski definition) is 6. The molecule has 2 N–H and O–H groups in total. The average molecular weight is 281 g/mol. The Morgan fingerprint density at radius 3 is 3.00 bits per heavy atom. The van der Waals surface area contributed by atoms with Gasteiger partial charge >= 0.3 is 11.7 Å². The van der Waals surface area contributed by atoms with E-state index in [9.17, 15) is 14.9 Å². The maximum absolute atomic E-state index is 10.8. The average Bonchev–Trinajstić information content (AvgIpc) is 2.38. The molecule has 0 unspecified atom stereocenters. The quantitative estimate of drug-likeness (QED) is 0.337. The standard InChI is InChI=1S/C11H11N3O4S/c1-2-4-19-5-3-12-10-9(14(17)18)6-8(7-13-10)11(15)16/h1,6-7H,3-5H2,(H,12,13)(H,15,16). The molecule has 7 nitrogen and oxygen atoms in total. The Bertz CT molecular complexity index is 527. The van der Waals surface area contributed by atoms with Gasteiger partial charge in [-0.1, -0.05) is 5.92 Å². The highest BCUT2D eigenvalue weighted by Crippen LogP contribution is 2.22. The van der Waals surface area contributed by atoms with Gasteiger partial charge < -0.3 is 10.4 Å². The van der Waals surface area contributed by atoms with E-state index in [0.717, 1.165) is 12.3 Å². The first kappa shape index (κ1) is 14.8. The number of carboxylic acids is 1. The fourth-order valence-electron chi connectivity index (χ4n) is 1.22. The topological polar surface area (TPSA) is 105 Å². The molecule has 0 aliphatic rings. The van der Waals surface area contributed by atoms with Crippen molar-refractivity contribution in [3.63, 3.8) is 0 Å². The minimum absolute atomic E-state index is 0.0521. The first-order valence-electron chi connectivity index (χ1n) is 5.19. The third-order valence-corrected chi connectivity index (χ3v) is 2.90. The van der Waals surface area contributed by atoms with Crippen molar-refractivity contribution in [3.05, 3.63) is 27.9 Å². The number of rotatable bonds is 7. The van der Waals surface area contributed by atoms with Gasteiger partial charge in [-0.2, -0.15) is 0 Å². The minimum Gasteiger partial charge on any atom is -0.478 e. The molecule has 0 aliphatic heterocycles. The summed E-state index contributed by atoms with van der Waals surface area (Å²) < 4.78 is 0. The van der Waals surface area contributed by atoms with Crippen LogP contribution in [0.15, 0.2) is 12.3 Å². The predicted molar refractivity (Wildman–Crippen MR) is 72.5 cm³/mol. The molecule has 100 valence electrons. The Kier molecular flexibility index (Phi) is 5.63. The number of terminal acetylenes is 1. The largest absolute Gasteiger partial charge is 0.478 e. The summed E-state index contributed by atoms with van der Waals surface area (Å²) in [6, 6.07) is 0.978. The molecule has 0 atom stereocenters. The van der Waals surface area contributed by atoms with Crippen LogP contribution >= 0.6 is 11.8 Å². The van der Waals surface area contributed by atoms with Crippen molar-refractivity contribution in [1.82, 2.24) is 4.98 Å². The highest BCUT2D eigenvalue weighted by atomic mass is 32.2. The highest BCUT2D eigenvalue weighted by molar-refractivity contribution is 7.99. The number of hydrogen-bond donors (Lipinski definition) is 2. The zero-order valence-electron chi connectivity index (χ0n) is 9.83. The molecule has 0 bridgehead atoms. The number of carboxylic acid groups (broad SMARTS) is 1. The highest BCUT2D eigenvalue weighted by Gasteiger charge is 2.18. The molecule has 8 heteroatoms. The molecule has 0 aliphatic carbocycles. The summed E-state index contributed by atoms with van der Waals surface area (Å²) >= 11 is 1.50. The van der Waals surface area contributed by atoms with Crippen LogP contribution in [0.2, 0.25) is 0 Å².